The van der Waals surface area contributed by atoms with Crippen LogP contribution in [-0.4, -0.2) is 16.5 Å². The summed E-state index contributed by atoms with van der Waals surface area (Å²) in [5, 5.41) is 3.86. The predicted octanol–water partition coefficient (Wildman–Crippen LogP) is 4.36. The Balaban J connectivity index is 1.72. The average Bonchev–Trinajstić information content (AvgIpc) is 2.62. The van der Waals surface area contributed by atoms with Crippen LogP contribution in [0.2, 0.25) is 5.02 Å². The highest BCUT2D eigenvalue weighted by Gasteiger charge is 2.08. The zero-order valence-electron chi connectivity index (χ0n) is 13.7. The van der Waals surface area contributed by atoms with Gasteiger partial charge in [0.25, 0.3) is 0 Å². The first-order chi connectivity index (χ1) is 12.0. The normalized spacial score (nSPS) is 12.0. The standard InChI is InChI=1S/C19H18ClFN4/c1-12-5-6-14(8-16(12)20)18-9-19(25-11-24-18)23-10-17(22)13-3-2-4-15(21)7-13/h2-9,11,17H,10,22H2,1H3,(H,23,24,25)/t17-/m0/s1. The third-order valence-electron chi connectivity index (χ3n) is 3.91. The van der Waals surface area contributed by atoms with Crippen LogP contribution >= 0.6 is 11.6 Å². The minimum atomic E-state index is -0.345. The summed E-state index contributed by atoms with van der Waals surface area (Å²) in [6.45, 7) is 2.38. The Morgan fingerprint density at radius 3 is 2.76 bits per heavy atom. The number of benzene rings is 2. The number of hydrogen-bond acceptors (Lipinski definition) is 4. The van der Waals surface area contributed by atoms with E-state index in [1.807, 2.05) is 31.2 Å². The van der Waals surface area contributed by atoms with Gasteiger partial charge in [0.15, 0.2) is 0 Å². The number of halogens is 2. The molecule has 0 amide bonds. The van der Waals surface area contributed by atoms with E-state index >= 15 is 0 Å². The van der Waals surface area contributed by atoms with Gasteiger partial charge in [0, 0.05) is 29.2 Å². The van der Waals surface area contributed by atoms with Gasteiger partial charge in [0.1, 0.15) is 18.0 Å². The van der Waals surface area contributed by atoms with Crippen molar-refractivity contribution in [3.63, 3.8) is 0 Å². The molecule has 3 rings (SSSR count). The average molecular weight is 357 g/mol. The maximum atomic E-state index is 13.3. The molecule has 0 saturated carbocycles. The fourth-order valence-electron chi connectivity index (χ4n) is 2.43. The summed E-state index contributed by atoms with van der Waals surface area (Å²) in [6, 6.07) is 13.6. The van der Waals surface area contributed by atoms with Crippen molar-refractivity contribution in [3.8, 4) is 11.3 Å². The highest BCUT2D eigenvalue weighted by Crippen LogP contribution is 2.25. The largest absolute Gasteiger partial charge is 0.368 e. The van der Waals surface area contributed by atoms with Crippen molar-refractivity contribution in [1.29, 1.82) is 0 Å². The van der Waals surface area contributed by atoms with Crippen LogP contribution in [0.3, 0.4) is 0 Å². The first-order valence-electron chi connectivity index (χ1n) is 7.86. The third-order valence-corrected chi connectivity index (χ3v) is 4.32. The lowest BCUT2D eigenvalue weighted by Gasteiger charge is -2.14. The molecule has 0 fully saturated rings. The van der Waals surface area contributed by atoms with Gasteiger partial charge in [-0.25, -0.2) is 14.4 Å². The molecule has 128 valence electrons. The number of aromatic nitrogens is 2. The van der Waals surface area contributed by atoms with Gasteiger partial charge < -0.3 is 11.1 Å². The summed E-state index contributed by atoms with van der Waals surface area (Å²) in [5.41, 5.74) is 9.52. The highest BCUT2D eigenvalue weighted by atomic mass is 35.5. The second-order valence-corrected chi connectivity index (χ2v) is 6.20. The Labute approximate surface area is 150 Å². The van der Waals surface area contributed by atoms with E-state index in [-0.39, 0.29) is 11.9 Å². The van der Waals surface area contributed by atoms with E-state index in [1.54, 1.807) is 12.1 Å². The highest BCUT2D eigenvalue weighted by molar-refractivity contribution is 6.31. The third kappa shape index (κ3) is 4.32. The molecule has 1 heterocycles. The zero-order valence-corrected chi connectivity index (χ0v) is 14.5. The van der Waals surface area contributed by atoms with Crippen molar-refractivity contribution < 1.29 is 4.39 Å². The van der Waals surface area contributed by atoms with Crippen LogP contribution in [0.1, 0.15) is 17.2 Å². The summed E-state index contributed by atoms with van der Waals surface area (Å²) >= 11 is 6.18. The van der Waals surface area contributed by atoms with Gasteiger partial charge >= 0.3 is 0 Å². The molecule has 0 unspecified atom stereocenters. The molecule has 0 bridgehead atoms. The van der Waals surface area contributed by atoms with Gasteiger partial charge in [-0.3, -0.25) is 0 Å². The fourth-order valence-corrected chi connectivity index (χ4v) is 2.61. The number of aryl methyl sites for hydroxylation is 1. The molecule has 4 nitrogen and oxygen atoms in total. The minimum absolute atomic E-state index is 0.298. The summed E-state index contributed by atoms with van der Waals surface area (Å²) < 4.78 is 13.3. The lowest BCUT2D eigenvalue weighted by molar-refractivity contribution is 0.621. The minimum Gasteiger partial charge on any atom is -0.368 e. The summed E-state index contributed by atoms with van der Waals surface area (Å²) in [6.07, 6.45) is 1.49. The van der Waals surface area contributed by atoms with Crippen LogP contribution < -0.4 is 11.1 Å². The lowest BCUT2D eigenvalue weighted by Crippen LogP contribution is -2.21. The molecule has 3 N–H and O–H groups in total. The van der Waals surface area contributed by atoms with E-state index in [0.29, 0.717) is 17.4 Å². The van der Waals surface area contributed by atoms with Crippen molar-refractivity contribution in [2.45, 2.75) is 13.0 Å². The smallest absolute Gasteiger partial charge is 0.130 e. The zero-order chi connectivity index (χ0) is 17.8. The number of hydrogen-bond donors (Lipinski definition) is 2. The van der Waals surface area contributed by atoms with Crippen LogP contribution in [-0.2, 0) is 0 Å². The van der Waals surface area contributed by atoms with Gasteiger partial charge in [-0.15, -0.1) is 0 Å². The maximum Gasteiger partial charge on any atom is 0.130 e. The van der Waals surface area contributed by atoms with Gasteiger partial charge in [-0.1, -0.05) is 35.9 Å². The topological polar surface area (TPSA) is 63.8 Å². The van der Waals surface area contributed by atoms with E-state index in [4.69, 9.17) is 17.3 Å². The van der Waals surface area contributed by atoms with Gasteiger partial charge in [-0.05, 0) is 36.2 Å². The van der Waals surface area contributed by atoms with Crippen LogP contribution in [0, 0.1) is 12.7 Å². The first-order valence-corrected chi connectivity index (χ1v) is 8.24. The molecule has 2 aromatic carbocycles. The quantitative estimate of drug-likeness (QED) is 0.713. The SMILES string of the molecule is Cc1ccc(-c2cc(NC[C@H](N)c3cccc(F)c3)ncn2)cc1Cl. The molecule has 0 aliphatic heterocycles. The molecular weight excluding hydrogens is 339 g/mol. The Hall–Kier alpha value is -2.50. The molecule has 6 heteroatoms. The Bertz CT molecular complexity index is 885. The second kappa shape index (κ2) is 7.59. The lowest BCUT2D eigenvalue weighted by atomic mass is 10.1. The van der Waals surface area contributed by atoms with Crippen molar-refractivity contribution in [2.24, 2.45) is 5.73 Å². The molecule has 0 aliphatic carbocycles. The second-order valence-electron chi connectivity index (χ2n) is 5.79. The molecule has 0 saturated heterocycles. The number of rotatable bonds is 5. The summed E-state index contributed by atoms with van der Waals surface area (Å²) in [5.74, 6) is 0.349. The predicted molar refractivity (Wildman–Crippen MR) is 99.0 cm³/mol. The number of nitrogens with zero attached hydrogens (tertiary/aromatic N) is 2. The van der Waals surface area contributed by atoms with Crippen molar-refractivity contribution >= 4 is 17.4 Å². The molecule has 0 aliphatic rings. The molecule has 0 radical (unpaired) electrons. The van der Waals surface area contributed by atoms with Crippen LogP contribution in [0.25, 0.3) is 11.3 Å². The number of nitrogens with two attached hydrogens (primary N) is 1. The van der Waals surface area contributed by atoms with E-state index in [1.165, 1.54) is 18.5 Å². The van der Waals surface area contributed by atoms with E-state index in [9.17, 15) is 4.39 Å². The van der Waals surface area contributed by atoms with E-state index < -0.39 is 0 Å². The molecule has 25 heavy (non-hydrogen) atoms. The van der Waals surface area contributed by atoms with E-state index in [0.717, 1.165) is 22.4 Å². The Morgan fingerprint density at radius 2 is 2.00 bits per heavy atom. The summed E-state index contributed by atoms with van der Waals surface area (Å²) in [7, 11) is 0. The summed E-state index contributed by atoms with van der Waals surface area (Å²) in [4.78, 5) is 8.49. The molecule has 1 atom stereocenters. The van der Waals surface area contributed by atoms with Crippen molar-refractivity contribution in [2.75, 3.05) is 11.9 Å². The van der Waals surface area contributed by atoms with Gasteiger partial charge in [-0.2, -0.15) is 0 Å². The molecule has 3 aromatic rings. The van der Waals surface area contributed by atoms with Crippen molar-refractivity contribution in [1.82, 2.24) is 9.97 Å². The first kappa shape index (κ1) is 17.3. The van der Waals surface area contributed by atoms with Crippen molar-refractivity contribution in [3.05, 3.63) is 76.8 Å². The molecule has 1 aromatic heterocycles. The van der Waals surface area contributed by atoms with Gasteiger partial charge in [0.05, 0.1) is 5.69 Å². The van der Waals surface area contributed by atoms with Crippen LogP contribution in [0.4, 0.5) is 10.2 Å². The van der Waals surface area contributed by atoms with Crippen LogP contribution in [0.15, 0.2) is 54.9 Å². The Morgan fingerprint density at radius 1 is 1.16 bits per heavy atom. The number of anilines is 1. The van der Waals surface area contributed by atoms with E-state index in [2.05, 4.69) is 15.3 Å². The van der Waals surface area contributed by atoms with Crippen LogP contribution in [0.5, 0.6) is 0 Å². The molecular formula is C19H18ClFN4. The molecule has 0 spiro atoms. The Kier molecular flexibility index (Phi) is 5.26. The fraction of sp³-hybridized carbons (Fsp3) is 0.158. The number of nitrogens with one attached hydrogen (secondary N) is 1. The maximum absolute atomic E-state index is 13.3. The monoisotopic (exact) mass is 356 g/mol. The van der Waals surface area contributed by atoms with Gasteiger partial charge in [0.2, 0.25) is 0 Å².